The van der Waals surface area contributed by atoms with Crippen LogP contribution in [0.15, 0.2) is 48.0 Å². The summed E-state index contributed by atoms with van der Waals surface area (Å²) in [4.78, 5) is 0. The lowest BCUT2D eigenvalue weighted by molar-refractivity contribution is 0.626. The topological polar surface area (TPSA) is 0 Å². The summed E-state index contributed by atoms with van der Waals surface area (Å²) in [5, 5.41) is 0. The summed E-state index contributed by atoms with van der Waals surface area (Å²) in [6, 6.07) is 13.7. The summed E-state index contributed by atoms with van der Waals surface area (Å²) >= 11 is 0. The zero-order valence-corrected chi connectivity index (χ0v) is 10.6. The molecule has 1 atom stereocenters. The van der Waals surface area contributed by atoms with E-state index < -0.39 is 0 Å². The van der Waals surface area contributed by atoms with Gasteiger partial charge in [-0.1, -0.05) is 47.5 Å². The predicted octanol–water partition coefficient (Wildman–Crippen LogP) is 4.68. The fourth-order valence-corrected chi connectivity index (χ4v) is 2.71. The fourth-order valence-electron chi connectivity index (χ4n) is 2.71. The fraction of sp³-hybridized carbons (Fsp3) is 0.176. The third-order valence-corrected chi connectivity index (χ3v) is 3.61. The van der Waals surface area contributed by atoms with Crippen LogP contribution in [0.3, 0.4) is 0 Å². The van der Waals surface area contributed by atoms with E-state index in [9.17, 15) is 4.39 Å². The summed E-state index contributed by atoms with van der Waals surface area (Å²) in [5.74, 6) is 0.114. The van der Waals surface area contributed by atoms with E-state index in [-0.39, 0.29) is 11.7 Å². The Labute approximate surface area is 107 Å². The summed E-state index contributed by atoms with van der Waals surface area (Å²) in [6.07, 6.45) is 2.09. The quantitative estimate of drug-likeness (QED) is 0.676. The number of aryl methyl sites for hydroxylation is 1. The molecule has 2 aromatic carbocycles. The van der Waals surface area contributed by atoms with Gasteiger partial charge in [-0.15, -0.1) is 0 Å². The van der Waals surface area contributed by atoms with Crippen LogP contribution in [0.25, 0.3) is 6.08 Å². The highest BCUT2D eigenvalue weighted by Gasteiger charge is 2.24. The van der Waals surface area contributed by atoms with Crippen molar-refractivity contribution in [2.45, 2.75) is 19.8 Å². The molecule has 0 amide bonds. The van der Waals surface area contributed by atoms with E-state index in [0.717, 1.165) is 5.56 Å². The molecule has 0 aromatic heterocycles. The molecule has 1 aliphatic rings. The van der Waals surface area contributed by atoms with Crippen molar-refractivity contribution in [2.24, 2.45) is 0 Å². The first-order chi connectivity index (χ1) is 8.65. The lowest BCUT2D eigenvalue weighted by Gasteiger charge is -2.15. The van der Waals surface area contributed by atoms with Crippen LogP contribution in [0.5, 0.6) is 0 Å². The molecule has 90 valence electrons. The Balaban J connectivity index is 2.10. The van der Waals surface area contributed by atoms with Crippen LogP contribution in [0.4, 0.5) is 4.39 Å². The number of hydrogen-bond donors (Lipinski definition) is 0. The van der Waals surface area contributed by atoms with Gasteiger partial charge in [0.1, 0.15) is 5.82 Å². The molecule has 0 spiro atoms. The molecule has 0 bridgehead atoms. The van der Waals surface area contributed by atoms with E-state index >= 15 is 0 Å². The van der Waals surface area contributed by atoms with Crippen molar-refractivity contribution < 1.29 is 4.39 Å². The smallest absolute Gasteiger partial charge is 0.123 e. The zero-order valence-electron chi connectivity index (χ0n) is 10.6. The highest BCUT2D eigenvalue weighted by Crippen LogP contribution is 2.40. The second-order valence-electron chi connectivity index (χ2n) is 5.01. The summed E-state index contributed by atoms with van der Waals surface area (Å²) < 4.78 is 13.2. The van der Waals surface area contributed by atoms with Crippen LogP contribution in [-0.2, 0) is 0 Å². The Bertz CT molecular complexity index is 621. The average molecular weight is 238 g/mol. The summed E-state index contributed by atoms with van der Waals surface area (Å²) in [6.45, 7) is 4.20. The van der Waals surface area contributed by atoms with Gasteiger partial charge >= 0.3 is 0 Å². The minimum absolute atomic E-state index is 0.164. The number of hydrogen-bond acceptors (Lipinski definition) is 0. The lowest BCUT2D eigenvalue weighted by Crippen LogP contribution is -1.99. The average Bonchev–Trinajstić information content (AvgIpc) is 2.65. The van der Waals surface area contributed by atoms with Crippen molar-refractivity contribution in [3.8, 4) is 0 Å². The van der Waals surface area contributed by atoms with Crippen molar-refractivity contribution in [3.05, 3.63) is 76.1 Å². The molecule has 0 saturated carbocycles. The van der Waals surface area contributed by atoms with Crippen LogP contribution in [0, 0.1) is 12.7 Å². The molecule has 0 nitrogen and oxygen atoms in total. The van der Waals surface area contributed by atoms with Crippen LogP contribution >= 0.6 is 0 Å². The van der Waals surface area contributed by atoms with Gasteiger partial charge in [0.2, 0.25) is 0 Å². The van der Waals surface area contributed by atoms with E-state index in [4.69, 9.17) is 0 Å². The Morgan fingerprint density at radius 3 is 2.39 bits per heavy atom. The first-order valence-electron chi connectivity index (χ1n) is 6.19. The summed E-state index contributed by atoms with van der Waals surface area (Å²) in [5.41, 5.74) is 6.03. The van der Waals surface area contributed by atoms with E-state index in [1.165, 1.54) is 22.3 Å². The van der Waals surface area contributed by atoms with Gasteiger partial charge in [0, 0.05) is 5.92 Å². The van der Waals surface area contributed by atoms with Crippen molar-refractivity contribution in [1.82, 2.24) is 0 Å². The molecular formula is C17H15F. The van der Waals surface area contributed by atoms with Crippen LogP contribution < -0.4 is 0 Å². The SMILES string of the molecule is CC1=Cc2cc(F)ccc2C1c1ccc(C)cc1. The van der Waals surface area contributed by atoms with Crippen LogP contribution in [0.1, 0.15) is 35.1 Å². The van der Waals surface area contributed by atoms with Gasteiger partial charge in [0.15, 0.2) is 0 Å². The standard InChI is InChI=1S/C17H15F/c1-11-3-5-13(6-4-11)17-12(2)9-14-10-15(18)7-8-16(14)17/h3-10,17H,1-2H3. The number of benzene rings is 2. The van der Waals surface area contributed by atoms with Gasteiger partial charge in [0.25, 0.3) is 0 Å². The lowest BCUT2D eigenvalue weighted by atomic mass is 9.89. The van der Waals surface area contributed by atoms with Gasteiger partial charge < -0.3 is 0 Å². The molecule has 1 aliphatic carbocycles. The number of rotatable bonds is 1. The molecule has 2 aromatic rings. The van der Waals surface area contributed by atoms with Gasteiger partial charge in [-0.05, 0) is 42.7 Å². The minimum atomic E-state index is -0.164. The van der Waals surface area contributed by atoms with E-state index in [1.807, 2.05) is 6.07 Å². The Morgan fingerprint density at radius 1 is 0.944 bits per heavy atom. The van der Waals surface area contributed by atoms with Crippen LogP contribution in [0.2, 0.25) is 0 Å². The third kappa shape index (κ3) is 1.76. The van der Waals surface area contributed by atoms with Gasteiger partial charge in [-0.2, -0.15) is 0 Å². The van der Waals surface area contributed by atoms with Gasteiger partial charge in [0.05, 0.1) is 0 Å². The summed E-state index contributed by atoms with van der Waals surface area (Å²) in [7, 11) is 0. The predicted molar refractivity (Wildman–Crippen MR) is 73.1 cm³/mol. The molecule has 0 fully saturated rings. The molecule has 0 radical (unpaired) electrons. The monoisotopic (exact) mass is 238 g/mol. The first kappa shape index (κ1) is 11.2. The van der Waals surface area contributed by atoms with E-state index in [1.54, 1.807) is 12.1 Å². The van der Waals surface area contributed by atoms with Crippen molar-refractivity contribution >= 4 is 6.08 Å². The molecule has 0 N–H and O–H groups in total. The highest BCUT2D eigenvalue weighted by atomic mass is 19.1. The van der Waals surface area contributed by atoms with Crippen LogP contribution in [-0.4, -0.2) is 0 Å². The first-order valence-corrected chi connectivity index (χ1v) is 6.19. The van der Waals surface area contributed by atoms with Gasteiger partial charge in [-0.3, -0.25) is 0 Å². The number of allylic oxidation sites excluding steroid dienone is 1. The second kappa shape index (κ2) is 4.09. The second-order valence-corrected chi connectivity index (χ2v) is 5.01. The van der Waals surface area contributed by atoms with E-state index in [0.29, 0.717) is 0 Å². The Kier molecular flexibility index (Phi) is 2.55. The van der Waals surface area contributed by atoms with Gasteiger partial charge in [-0.25, -0.2) is 4.39 Å². The maximum absolute atomic E-state index is 13.2. The highest BCUT2D eigenvalue weighted by molar-refractivity contribution is 5.68. The van der Waals surface area contributed by atoms with Crippen molar-refractivity contribution in [3.63, 3.8) is 0 Å². The normalized spacial score (nSPS) is 17.5. The maximum atomic E-state index is 13.2. The minimum Gasteiger partial charge on any atom is -0.207 e. The third-order valence-electron chi connectivity index (χ3n) is 3.61. The molecule has 1 heteroatoms. The number of fused-ring (bicyclic) bond motifs is 1. The molecule has 3 rings (SSSR count). The Hall–Kier alpha value is -1.89. The van der Waals surface area contributed by atoms with E-state index in [2.05, 4.69) is 44.2 Å². The molecule has 18 heavy (non-hydrogen) atoms. The molecule has 0 saturated heterocycles. The zero-order chi connectivity index (χ0) is 12.7. The van der Waals surface area contributed by atoms with Crippen molar-refractivity contribution in [2.75, 3.05) is 0 Å². The van der Waals surface area contributed by atoms with Crippen molar-refractivity contribution in [1.29, 1.82) is 0 Å². The molecule has 1 unspecified atom stereocenters. The number of halogens is 1. The largest absolute Gasteiger partial charge is 0.207 e. The molecular weight excluding hydrogens is 223 g/mol. The molecule has 0 aliphatic heterocycles. The molecule has 0 heterocycles. The maximum Gasteiger partial charge on any atom is 0.123 e. The Morgan fingerprint density at radius 2 is 1.67 bits per heavy atom.